The smallest absolute Gasteiger partial charge is 0.138 e. The molecule has 0 unspecified atom stereocenters. The number of quaternary nitrogens is 1. The van der Waals surface area contributed by atoms with Crippen molar-refractivity contribution < 1.29 is 9.38 Å². The lowest BCUT2D eigenvalue weighted by Gasteiger charge is -2.17. The van der Waals surface area contributed by atoms with Gasteiger partial charge in [0, 0.05) is 12.5 Å². The summed E-state index contributed by atoms with van der Waals surface area (Å²) < 4.78 is 5.02. The molecule has 0 saturated carbocycles. The molecular weight excluding hydrogens is 166 g/mol. The molecule has 1 rings (SSSR count). The third-order valence-electron chi connectivity index (χ3n) is 2.13. The summed E-state index contributed by atoms with van der Waals surface area (Å²) in [6.07, 6.45) is 3.74. The molecule has 74 valence electrons. The van der Waals surface area contributed by atoms with Crippen LogP contribution in [0, 0.1) is 5.21 Å². The van der Waals surface area contributed by atoms with Crippen LogP contribution in [0.2, 0.25) is 0 Å². The van der Waals surface area contributed by atoms with E-state index in [-0.39, 0.29) is 4.65 Å². The van der Waals surface area contributed by atoms with Crippen LogP contribution in [-0.2, 0) is 4.74 Å². The maximum Gasteiger partial charge on any atom is 0.138 e. The molecule has 0 N–H and O–H groups in total. The molecule has 1 aliphatic heterocycles. The van der Waals surface area contributed by atoms with E-state index in [0.717, 1.165) is 31.7 Å². The van der Waals surface area contributed by atoms with Gasteiger partial charge in [0.15, 0.2) is 0 Å². The summed E-state index contributed by atoms with van der Waals surface area (Å²) in [6, 6.07) is 0. The first kappa shape index (κ1) is 10.3. The Kier molecular flexibility index (Phi) is 3.55. The van der Waals surface area contributed by atoms with Gasteiger partial charge in [-0.05, 0) is 6.42 Å². The molecule has 0 aromatic carbocycles. The van der Waals surface area contributed by atoms with Crippen LogP contribution in [0.25, 0.3) is 0 Å². The van der Waals surface area contributed by atoms with Crippen molar-refractivity contribution in [2.24, 2.45) is 0 Å². The van der Waals surface area contributed by atoms with Gasteiger partial charge in [0.25, 0.3) is 0 Å². The van der Waals surface area contributed by atoms with E-state index < -0.39 is 0 Å². The van der Waals surface area contributed by atoms with Crippen LogP contribution >= 0.6 is 0 Å². The standard InChI is InChI=1S/C10H17NO2/c1-3-5-10(13-2)6-4-7-11(12)8-9-11/h4H,3,5,7-9H2,1-2H3. The first-order chi connectivity index (χ1) is 6.20. The highest BCUT2D eigenvalue weighted by atomic mass is 16.6. The van der Waals surface area contributed by atoms with E-state index in [0.29, 0.717) is 6.54 Å². The topological polar surface area (TPSA) is 32.3 Å². The first-order valence-corrected chi connectivity index (χ1v) is 4.75. The largest absolute Gasteiger partial charge is 0.632 e. The van der Waals surface area contributed by atoms with Crippen molar-refractivity contribution >= 4 is 0 Å². The quantitative estimate of drug-likeness (QED) is 0.214. The lowest BCUT2D eigenvalue weighted by molar-refractivity contribution is -0.736. The average molecular weight is 183 g/mol. The summed E-state index contributed by atoms with van der Waals surface area (Å²) in [5.41, 5.74) is 3.02. The molecule has 13 heavy (non-hydrogen) atoms. The van der Waals surface area contributed by atoms with Crippen molar-refractivity contribution in [2.45, 2.75) is 19.8 Å². The van der Waals surface area contributed by atoms with Crippen LogP contribution in [0.3, 0.4) is 0 Å². The number of ether oxygens (including phenoxy) is 1. The van der Waals surface area contributed by atoms with Crippen molar-refractivity contribution in [3.8, 4) is 0 Å². The summed E-state index contributed by atoms with van der Waals surface area (Å²) in [5.74, 6) is 0.843. The molecule has 3 heteroatoms. The van der Waals surface area contributed by atoms with Crippen LogP contribution in [0.1, 0.15) is 19.8 Å². The third kappa shape index (κ3) is 3.64. The number of hydrogen-bond acceptors (Lipinski definition) is 2. The zero-order valence-corrected chi connectivity index (χ0v) is 8.38. The molecule has 1 fully saturated rings. The van der Waals surface area contributed by atoms with Crippen molar-refractivity contribution in [3.05, 3.63) is 22.8 Å². The Hall–Kier alpha value is -0.760. The average Bonchev–Trinajstić information content (AvgIpc) is 2.83. The second-order valence-electron chi connectivity index (χ2n) is 3.41. The Morgan fingerprint density at radius 2 is 2.31 bits per heavy atom. The Morgan fingerprint density at radius 1 is 1.62 bits per heavy atom. The van der Waals surface area contributed by atoms with Crippen molar-refractivity contribution in [1.82, 2.24) is 0 Å². The molecule has 1 saturated heterocycles. The Bertz CT molecular complexity index is 225. The second-order valence-corrected chi connectivity index (χ2v) is 3.41. The Balaban J connectivity index is 2.40. The Labute approximate surface area is 79.5 Å². The summed E-state index contributed by atoms with van der Waals surface area (Å²) >= 11 is 0. The van der Waals surface area contributed by atoms with Gasteiger partial charge in [-0.25, -0.2) is 0 Å². The van der Waals surface area contributed by atoms with Gasteiger partial charge in [-0.2, -0.15) is 0 Å². The van der Waals surface area contributed by atoms with Crippen LogP contribution in [0.15, 0.2) is 17.6 Å². The van der Waals surface area contributed by atoms with E-state index in [2.05, 4.69) is 12.7 Å². The predicted molar refractivity (Wildman–Crippen MR) is 51.7 cm³/mol. The SMILES string of the molecule is CCCC(=C=CC[N+]1([O-])CC1)OC. The number of methoxy groups -OCH3 is 1. The normalized spacial score (nSPS) is 17.5. The zero-order valence-electron chi connectivity index (χ0n) is 8.38. The van der Waals surface area contributed by atoms with E-state index in [4.69, 9.17) is 4.74 Å². The second kappa shape index (κ2) is 4.47. The maximum atomic E-state index is 11.3. The highest BCUT2D eigenvalue weighted by molar-refractivity contribution is 4.94. The van der Waals surface area contributed by atoms with Gasteiger partial charge < -0.3 is 14.6 Å². The van der Waals surface area contributed by atoms with Crippen molar-refractivity contribution in [2.75, 3.05) is 26.7 Å². The number of hydrogen-bond donors (Lipinski definition) is 0. The van der Waals surface area contributed by atoms with Gasteiger partial charge in [-0.1, -0.05) is 12.7 Å². The van der Waals surface area contributed by atoms with E-state index in [1.807, 2.05) is 0 Å². The highest BCUT2D eigenvalue weighted by Crippen LogP contribution is 2.17. The molecule has 0 atom stereocenters. The minimum Gasteiger partial charge on any atom is -0.632 e. The lowest BCUT2D eigenvalue weighted by Crippen LogP contribution is -2.16. The van der Waals surface area contributed by atoms with E-state index >= 15 is 0 Å². The molecule has 1 aliphatic rings. The molecular formula is C10H17NO2. The zero-order chi connectivity index (χ0) is 9.73. The maximum absolute atomic E-state index is 11.3. The van der Waals surface area contributed by atoms with Gasteiger partial charge in [0.1, 0.15) is 25.4 Å². The third-order valence-corrected chi connectivity index (χ3v) is 2.13. The molecule has 1 heterocycles. The van der Waals surface area contributed by atoms with E-state index in [1.54, 1.807) is 13.2 Å². The van der Waals surface area contributed by atoms with Crippen LogP contribution in [-0.4, -0.2) is 31.4 Å². The van der Waals surface area contributed by atoms with Crippen LogP contribution in [0.5, 0.6) is 0 Å². The number of rotatable bonds is 5. The first-order valence-electron chi connectivity index (χ1n) is 4.75. The van der Waals surface area contributed by atoms with Gasteiger partial charge in [0.05, 0.1) is 7.11 Å². The van der Waals surface area contributed by atoms with E-state index in [9.17, 15) is 5.21 Å². The summed E-state index contributed by atoms with van der Waals surface area (Å²) in [4.78, 5) is 0. The molecule has 0 aromatic heterocycles. The minimum atomic E-state index is -0.0733. The van der Waals surface area contributed by atoms with Crippen molar-refractivity contribution in [3.63, 3.8) is 0 Å². The summed E-state index contributed by atoms with van der Waals surface area (Å²) in [5, 5.41) is 11.3. The number of hydroxylamine groups is 3. The van der Waals surface area contributed by atoms with Crippen LogP contribution < -0.4 is 0 Å². The van der Waals surface area contributed by atoms with Gasteiger partial charge in [0.2, 0.25) is 0 Å². The van der Waals surface area contributed by atoms with Gasteiger partial charge in [-0.15, -0.1) is 0 Å². The lowest BCUT2D eigenvalue weighted by atomic mass is 10.3. The molecule has 0 aromatic rings. The molecule has 0 aliphatic carbocycles. The minimum absolute atomic E-state index is 0.0733. The predicted octanol–water partition coefficient (Wildman–Crippen LogP) is 1.80. The molecule has 0 spiro atoms. The fraction of sp³-hybridized carbons (Fsp3) is 0.700. The molecule has 0 amide bonds. The molecule has 0 radical (unpaired) electrons. The molecule has 0 bridgehead atoms. The van der Waals surface area contributed by atoms with Crippen LogP contribution in [0.4, 0.5) is 0 Å². The van der Waals surface area contributed by atoms with E-state index in [1.165, 1.54) is 0 Å². The summed E-state index contributed by atoms with van der Waals surface area (Å²) in [7, 11) is 1.64. The van der Waals surface area contributed by atoms with Gasteiger partial charge in [-0.3, -0.25) is 0 Å². The fourth-order valence-electron chi connectivity index (χ4n) is 1.08. The van der Waals surface area contributed by atoms with Gasteiger partial charge >= 0.3 is 0 Å². The monoisotopic (exact) mass is 183 g/mol. The summed E-state index contributed by atoms with van der Waals surface area (Å²) in [6.45, 7) is 4.14. The Morgan fingerprint density at radius 3 is 2.77 bits per heavy atom. The van der Waals surface area contributed by atoms with Crippen molar-refractivity contribution in [1.29, 1.82) is 0 Å². The molecule has 3 nitrogen and oxygen atoms in total. The highest BCUT2D eigenvalue weighted by Gasteiger charge is 2.30. The number of nitrogens with zero attached hydrogens (tertiary/aromatic N) is 1. The fourth-order valence-corrected chi connectivity index (χ4v) is 1.08.